The van der Waals surface area contributed by atoms with Crippen LogP contribution in [0, 0.1) is 0 Å². The fraction of sp³-hybridized carbons (Fsp3) is 0.500. The van der Waals surface area contributed by atoms with Crippen LogP contribution in [0.2, 0.25) is 0 Å². The summed E-state index contributed by atoms with van der Waals surface area (Å²) in [5, 5.41) is 6.53. The van der Waals surface area contributed by atoms with Crippen molar-refractivity contribution < 1.29 is 9.53 Å². The van der Waals surface area contributed by atoms with Crippen LogP contribution in [-0.2, 0) is 16.1 Å². The topological polar surface area (TPSA) is 62.7 Å². The van der Waals surface area contributed by atoms with E-state index >= 15 is 0 Å². The second kappa shape index (κ2) is 13.4. The summed E-state index contributed by atoms with van der Waals surface area (Å²) >= 11 is 0. The molecular weight excluding hydrogens is 393 g/mol. The molecule has 0 aliphatic rings. The molecule has 0 radical (unpaired) electrons. The van der Waals surface area contributed by atoms with E-state index in [0.29, 0.717) is 6.42 Å². The first kappa shape index (κ1) is 20.7. The minimum atomic E-state index is -0.136. The fourth-order valence-electron chi connectivity index (χ4n) is 1.88. The minimum absolute atomic E-state index is 0. The Kier molecular flexibility index (Phi) is 12.6. The molecule has 0 bridgehead atoms. The van der Waals surface area contributed by atoms with Gasteiger partial charge in [0.1, 0.15) is 0 Å². The number of carbonyl (C=O) groups excluding carboxylic acids is 1. The summed E-state index contributed by atoms with van der Waals surface area (Å²) in [7, 11) is 3.18. The van der Waals surface area contributed by atoms with Crippen molar-refractivity contribution in [1.29, 1.82) is 0 Å². The molecule has 6 heteroatoms. The molecule has 0 aliphatic carbocycles. The van der Waals surface area contributed by atoms with Crippen molar-refractivity contribution in [3.63, 3.8) is 0 Å². The Labute approximate surface area is 149 Å². The highest BCUT2D eigenvalue weighted by molar-refractivity contribution is 14.0. The van der Waals surface area contributed by atoms with Crippen LogP contribution >= 0.6 is 24.0 Å². The molecule has 0 aliphatic heterocycles. The SMILES string of the molecule is CN=C(NCCCCCC(=O)OC)NCc1ccccc1.I. The lowest BCUT2D eigenvalue weighted by molar-refractivity contribution is -0.140. The first-order valence-electron chi connectivity index (χ1n) is 7.31. The Hall–Kier alpha value is -1.31. The van der Waals surface area contributed by atoms with Crippen LogP contribution in [0.25, 0.3) is 0 Å². The van der Waals surface area contributed by atoms with E-state index in [1.54, 1.807) is 7.05 Å². The summed E-state index contributed by atoms with van der Waals surface area (Å²) in [6.45, 7) is 1.60. The number of unbranched alkanes of at least 4 members (excludes halogenated alkanes) is 2. The largest absolute Gasteiger partial charge is 0.469 e. The normalized spacial score (nSPS) is 10.5. The van der Waals surface area contributed by atoms with Gasteiger partial charge in [0.15, 0.2) is 5.96 Å². The third-order valence-electron chi connectivity index (χ3n) is 3.10. The Balaban J connectivity index is 0.00000441. The number of carbonyl (C=O) groups is 1. The van der Waals surface area contributed by atoms with Crippen molar-refractivity contribution in [3.8, 4) is 0 Å². The van der Waals surface area contributed by atoms with Gasteiger partial charge in [-0.1, -0.05) is 36.8 Å². The number of hydrogen-bond donors (Lipinski definition) is 2. The lowest BCUT2D eigenvalue weighted by Gasteiger charge is -2.11. The Bertz CT molecular complexity index is 438. The summed E-state index contributed by atoms with van der Waals surface area (Å²) in [6.07, 6.45) is 3.36. The smallest absolute Gasteiger partial charge is 0.305 e. The van der Waals surface area contributed by atoms with Gasteiger partial charge in [0.05, 0.1) is 7.11 Å². The summed E-state index contributed by atoms with van der Waals surface area (Å²) in [5.74, 6) is 0.662. The number of aliphatic imine (C=N–C) groups is 1. The third-order valence-corrected chi connectivity index (χ3v) is 3.10. The number of rotatable bonds is 8. The number of halogens is 1. The highest BCUT2D eigenvalue weighted by Crippen LogP contribution is 2.00. The molecule has 0 aromatic heterocycles. The lowest BCUT2D eigenvalue weighted by atomic mass is 10.2. The van der Waals surface area contributed by atoms with Gasteiger partial charge in [-0.2, -0.15) is 0 Å². The molecule has 0 saturated carbocycles. The standard InChI is InChI=1S/C16H25N3O2.HI/c1-17-16(19-13-14-9-5-3-6-10-14)18-12-8-4-7-11-15(20)21-2;/h3,5-6,9-10H,4,7-8,11-13H2,1-2H3,(H2,17,18,19);1H. The third kappa shape index (κ3) is 9.59. The van der Waals surface area contributed by atoms with Crippen LogP contribution in [-0.4, -0.2) is 32.6 Å². The number of hydrogen-bond acceptors (Lipinski definition) is 3. The Morgan fingerprint density at radius 3 is 2.50 bits per heavy atom. The molecule has 1 aromatic carbocycles. The van der Waals surface area contributed by atoms with Gasteiger partial charge >= 0.3 is 5.97 Å². The monoisotopic (exact) mass is 419 g/mol. The molecule has 2 N–H and O–H groups in total. The van der Waals surface area contributed by atoms with Crippen molar-refractivity contribution in [2.24, 2.45) is 4.99 Å². The lowest BCUT2D eigenvalue weighted by Crippen LogP contribution is -2.37. The van der Waals surface area contributed by atoms with Gasteiger partial charge in [0.25, 0.3) is 0 Å². The Morgan fingerprint density at radius 2 is 1.86 bits per heavy atom. The zero-order valence-corrected chi connectivity index (χ0v) is 15.6. The molecule has 124 valence electrons. The van der Waals surface area contributed by atoms with Gasteiger partial charge in [-0.05, 0) is 18.4 Å². The molecule has 1 rings (SSSR count). The maximum Gasteiger partial charge on any atom is 0.305 e. The molecule has 0 spiro atoms. The zero-order chi connectivity index (χ0) is 15.3. The van der Waals surface area contributed by atoms with Crippen LogP contribution < -0.4 is 10.6 Å². The number of methoxy groups -OCH3 is 1. The highest BCUT2D eigenvalue weighted by Gasteiger charge is 2.00. The van der Waals surface area contributed by atoms with Crippen LogP contribution in [0.3, 0.4) is 0 Å². The molecule has 0 saturated heterocycles. The van der Waals surface area contributed by atoms with E-state index < -0.39 is 0 Å². The summed E-state index contributed by atoms with van der Waals surface area (Å²) < 4.78 is 4.60. The quantitative estimate of drug-likeness (QED) is 0.224. The summed E-state index contributed by atoms with van der Waals surface area (Å²) in [4.78, 5) is 15.1. The van der Waals surface area contributed by atoms with Gasteiger partial charge in [0.2, 0.25) is 0 Å². The van der Waals surface area contributed by atoms with Gasteiger partial charge in [-0.3, -0.25) is 9.79 Å². The van der Waals surface area contributed by atoms with E-state index in [1.807, 2.05) is 18.2 Å². The van der Waals surface area contributed by atoms with Crippen molar-refractivity contribution in [2.45, 2.75) is 32.2 Å². The van der Waals surface area contributed by atoms with Crippen LogP contribution in [0.5, 0.6) is 0 Å². The summed E-state index contributed by atoms with van der Waals surface area (Å²) in [6, 6.07) is 10.2. The van der Waals surface area contributed by atoms with Gasteiger partial charge in [-0.25, -0.2) is 0 Å². The van der Waals surface area contributed by atoms with Crippen LogP contribution in [0.1, 0.15) is 31.2 Å². The fourth-order valence-corrected chi connectivity index (χ4v) is 1.88. The van der Waals surface area contributed by atoms with E-state index in [-0.39, 0.29) is 29.9 Å². The average Bonchev–Trinajstić information content (AvgIpc) is 2.54. The van der Waals surface area contributed by atoms with E-state index in [1.165, 1.54) is 12.7 Å². The van der Waals surface area contributed by atoms with Gasteiger partial charge in [0, 0.05) is 26.6 Å². The molecule has 5 nitrogen and oxygen atoms in total. The Morgan fingerprint density at radius 1 is 1.14 bits per heavy atom. The number of nitrogens with one attached hydrogen (secondary N) is 2. The number of esters is 1. The first-order chi connectivity index (χ1) is 10.3. The van der Waals surface area contributed by atoms with Crippen molar-refractivity contribution in [2.75, 3.05) is 20.7 Å². The highest BCUT2D eigenvalue weighted by atomic mass is 127. The maximum atomic E-state index is 11.0. The molecule has 0 fully saturated rings. The molecule has 0 atom stereocenters. The van der Waals surface area contributed by atoms with E-state index in [4.69, 9.17) is 0 Å². The summed E-state index contributed by atoms with van der Waals surface area (Å²) in [5.41, 5.74) is 1.22. The molecule has 1 aromatic rings. The molecule has 0 amide bonds. The van der Waals surface area contributed by atoms with Crippen molar-refractivity contribution in [1.82, 2.24) is 10.6 Å². The molecule has 0 unspecified atom stereocenters. The van der Waals surface area contributed by atoms with Crippen molar-refractivity contribution in [3.05, 3.63) is 35.9 Å². The number of nitrogens with zero attached hydrogens (tertiary/aromatic N) is 1. The molecular formula is C16H26IN3O2. The van der Waals surface area contributed by atoms with Crippen molar-refractivity contribution >= 4 is 35.9 Å². The van der Waals surface area contributed by atoms with Crippen LogP contribution in [0.15, 0.2) is 35.3 Å². The average molecular weight is 419 g/mol. The van der Waals surface area contributed by atoms with Gasteiger partial charge in [-0.15, -0.1) is 24.0 Å². The molecule has 22 heavy (non-hydrogen) atoms. The van der Waals surface area contributed by atoms with Gasteiger partial charge < -0.3 is 15.4 Å². The maximum absolute atomic E-state index is 11.0. The first-order valence-corrected chi connectivity index (χ1v) is 7.31. The number of ether oxygens (including phenoxy) is 1. The number of guanidine groups is 1. The van der Waals surface area contributed by atoms with E-state index in [9.17, 15) is 4.79 Å². The zero-order valence-electron chi connectivity index (χ0n) is 13.3. The predicted octanol–water partition coefficient (Wildman–Crippen LogP) is 2.70. The minimum Gasteiger partial charge on any atom is -0.469 e. The second-order valence-corrected chi connectivity index (χ2v) is 4.72. The number of benzene rings is 1. The second-order valence-electron chi connectivity index (χ2n) is 4.72. The van der Waals surface area contributed by atoms with E-state index in [0.717, 1.165) is 38.3 Å². The molecule has 0 heterocycles. The van der Waals surface area contributed by atoms with Crippen LogP contribution in [0.4, 0.5) is 0 Å². The predicted molar refractivity (Wildman–Crippen MR) is 101 cm³/mol. The van der Waals surface area contributed by atoms with E-state index in [2.05, 4.69) is 32.5 Å².